The summed E-state index contributed by atoms with van der Waals surface area (Å²) in [5.41, 5.74) is 1.44. The molecule has 5 heteroatoms. The van der Waals surface area contributed by atoms with Crippen molar-refractivity contribution in [1.29, 1.82) is 0 Å². The molecule has 1 aromatic heterocycles. The molecule has 1 amide bonds. The second kappa shape index (κ2) is 5.91. The number of aromatic nitrogens is 1. The van der Waals surface area contributed by atoms with Crippen molar-refractivity contribution < 1.29 is 9.18 Å². The lowest BCUT2D eigenvalue weighted by Gasteiger charge is -2.21. The summed E-state index contributed by atoms with van der Waals surface area (Å²) in [5, 5.41) is 5.87. The van der Waals surface area contributed by atoms with Crippen molar-refractivity contribution in [2.75, 3.05) is 10.6 Å². The highest BCUT2D eigenvalue weighted by molar-refractivity contribution is 6.02. The lowest BCUT2D eigenvalue weighted by Crippen LogP contribution is -2.26. The molecule has 0 spiro atoms. The number of nitrogens with zero attached hydrogens (tertiary/aromatic N) is 1. The minimum absolute atomic E-state index is 0.0764. The summed E-state index contributed by atoms with van der Waals surface area (Å²) >= 11 is 0. The van der Waals surface area contributed by atoms with Gasteiger partial charge in [0.25, 0.3) is 5.91 Å². The van der Waals surface area contributed by atoms with Gasteiger partial charge in [-0.3, -0.25) is 4.79 Å². The van der Waals surface area contributed by atoms with Crippen LogP contribution in [0.5, 0.6) is 0 Å². The molecule has 2 rings (SSSR count). The van der Waals surface area contributed by atoms with E-state index >= 15 is 0 Å². The fourth-order valence-corrected chi connectivity index (χ4v) is 1.80. The minimum atomic E-state index is -0.398. The van der Waals surface area contributed by atoms with Crippen LogP contribution < -0.4 is 10.6 Å². The first-order valence-electron chi connectivity index (χ1n) is 6.65. The van der Waals surface area contributed by atoms with E-state index in [0.29, 0.717) is 5.69 Å². The van der Waals surface area contributed by atoms with Crippen LogP contribution in [0.3, 0.4) is 0 Å². The van der Waals surface area contributed by atoms with Crippen molar-refractivity contribution in [3.63, 3.8) is 0 Å². The molecule has 0 aliphatic heterocycles. The third kappa shape index (κ3) is 4.56. The highest BCUT2D eigenvalue weighted by atomic mass is 19.1. The average molecular weight is 287 g/mol. The van der Waals surface area contributed by atoms with Crippen molar-refractivity contribution in [2.24, 2.45) is 0 Å². The smallest absolute Gasteiger partial charge is 0.274 e. The van der Waals surface area contributed by atoms with Crippen molar-refractivity contribution in [1.82, 2.24) is 4.98 Å². The third-order valence-electron chi connectivity index (χ3n) is 2.60. The van der Waals surface area contributed by atoms with Gasteiger partial charge in [-0.2, -0.15) is 0 Å². The second-order valence-corrected chi connectivity index (χ2v) is 5.77. The largest absolute Gasteiger partial charge is 0.379 e. The van der Waals surface area contributed by atoms with E-state index in [0.717, 1.165) is 5.69 Å². The van der Waals surface area contributed by atoms with Gasteiger partial charge in [0, 0.05) is 11.2 Å². The molecule has 0 fully saturated rings. The monoisotopic (exact) mass is 287 g/mol. The highest BCUT2D eigenvalue weighted by Gasteiger charge is 2.11. The van der Waals surface area contributed by atoms with Crippen LogP contribution in [0.25, 0.3) is 0 Å². The molecule has 0 aliphatic carbocycles. The zero-order chi connectivity index (χ0) is 15.5. The molecule has 4 nitrogen and oxygen atoms in total. The lowest BCUT2D eigenvalue weighted by molar-refractivity contribution is 0.102. The molecule has 0 radical (unpaired) electrons. The molecule has 110 valence electrons. The Bertz CT molecular complexity index is 633. The predicted molar refractivity (Wildman–Crippen MR) is 82.0 cm³/mol. The first-order chi connectivity index (χ1) is 9.83. The van der Waals surface area contributed by atoms with E-state index in [9.17, 15) is 9.18 Å². The number of benzene rings is 1. The van der Waals surface area contributed by atoms with Gasteiger partial charge in [-0.15, -0.1) is 0 Å². The van der Waals surface area contributed by atoms with Gasteiger partial charge in [-0.05, 0) is 51.1 Å². The number of carbonyl (C=O) groups excluding carboxylic acids is 1. The number of pyridine rings is 1. The number of amides is 1. The Labute approximate surface area is 123 Å². The van der Waals surface area contributed by atoms with E-state index in [2.05, 4.69) is 15.6 Å². The Morgan fingerprint density at radius 1 is 1.14 bits per heavy atom. The molecule has 0 saturated carbocycles. The summed E-state index contributed by atoms with van der Waals surface area (Å²) in [6, 6.07) is 9.15. The quantitative estimate of drug-likeness (QED) is 0.905. The maximum atomic E-state index is 13.1. The lowest BCUT2D eigenvalue weighted by atomic mass is 10.1. The number of hydrogen-bond donors (Lipinski definition) is 2. The molecular weight excluding hydrogens is 269 g/mol. The van der Waals surface area contributed by atoms with Gasteiger partial charge in [-0.25, -0.2) is 9.37 Å². The predicted octanol–water partition coefficient (Wildman–Crippen LogP) is 3.68. The van der Waals surface area contributed by atoms with Crippen LogP contribution in [0.15, 0.2) is 42.6 Å². The Morgan fingerprint density at radius 2 is 1.90 bits per heavy atom. The second-order valence-electron chi connectivity index (χ2n) is 5.77. The van der Waals surface area contributed by atoms with Crippen molar-refractivity contribution >= 4 is 17.3 Å². The average Bonchev–Trinajstić information content (AvgIpc) is 2.37. The van der Waals surface area contributed by atoms with Crippen LogP contribution in [-0.2, 0) is 0 Å². The molecule has 21 heavy (non-hydrogen) atoms. The van der Waals surface area contributed by atoms with Crippen molar-refractivity contribution in [2.45, 2.75) is 26.3 Å². The molecule has 0 saturated heterocycles. The summed E-state index contributed by atoms with van der Waals surface area (Å²) in [7, 11) is 0. The van der Waals surface area contributed by atoms with Gasteiger partial charge >= 0.3 is 0 Å². The van der Waals surface area contributed by atoms with Crippen LogP contribution in [0, 0.1) is 5.82 Å². The fourth-order valence-electron chi connectivity index (χ4n) is 1.80. The van der Waals surface area contributed by atoms with Gasteiger partial charge in [0.05, 0.1) is 11.9 Å². The molecule has 0 atom stereocenters. The van der Waals surface area contributed by atoms with Crippen molar-refractivity contribution in [3.8, 4) is 0 Å². The Morgan fingerprint density at radius 3 is 2.48 bits per heavy atom. The van der Waals surface area contributed by atoms with Crippen LogP contribution in [0.1, 0.15) is 31.3 Å². The Kier molecular flexibility index (Phi) is 4.21. The summed E-state index contributed by atoms with van der Waals surface area (Å²) < 4.78 is 13.1. The van der Waals surface area contributed by atoms with Crippen LogP contribution in [0.2, 0.25) is 0 Å². The van der Waals surface area contributed by atoms with E-state index in [1.54, 1.807) is 24.4 Å². The van der Waals surface area contributed by atoms with Crippen LogP contribution in [0.4, 0.5) is 15.8 Å². The van der Waals surface area contributed by atoms with E-state index < -0.39 is 5.82 Å². The molecule has 1 heterocycles. The number of halogens is 1. The number of anilines is 2. The molecule has 2 aromatic rings. The summed E-state index contributed by atoms with van der Waals surface area (Å²) in [5.74, 6) is -0.770. The maximum absolute atomic E-state index is 13.1. The molecule has 1 aromatic carbocycles. The third-order valence-corrected chi connectivity index (χ3v) is 2.60. The van der Waals surface area contributed by atoms with Gasteiger partial charge in [0.15, 0.2) is 0 Å². The molecule has 0 bridgehead atoms. The normalized spacial score (nSPS) is 11.0. The van der Waals surface area contributed by atoms with Gasteiger partial charge in [-0.1, -0.05) is 6.07 Å². The van der Waals surface area contributed by atoms with E-state index in [1.165, 1.54) is 18.2 Å². The number of rotatable bonds is 3. The summed E-state index contributed by atoms with van der Waals surface area (Å²) in [6.45, 7) is 6.12. The van der Waals surface area contributed by atoms with Crippen LogP contribution >= 0.6 is 0 Å². The van der Waals surface area contributed by atoms with Gasteiger partial charge in [0.1, 0.15) is 11.5 Å². The van der Waals surface area contributed by atoms with E-state index in [-0.39, 0.29) is 17.1 Å². The van der Waals surface area contributed by atoms with Crippen molar-refractivity contribution in [3.05, 3.63) is 54.1 Å². The molecular formula is C16H18FN3O. The van der Waals surface area contributed by atoms with Gasteiger partial charge in [0.2, 0.25) is 0 Å². The summed E-state index contributed by atoms with van der Waals surface area (Å²) in [4.78, 5) is 16.1. The first kappa shape index (κ1) is 15.0. The highest BCUT2D eigenvalue weighted by Crippen LogP contribution is 2.15. The zero-order valence-electron chi connectivity index (χ0n) is 12.3. The maximum Gasteiger partial charge on any atom is 0.274 e. The minimum Gasteiger partial charge on any atom is -0.379 e. The van der Waals surface area contributed by atoms with E-state index in [1.807, 2.05) is 20.8 Å². The molecule has 0 unspecified atom stereocenters. The SMILES string of the molecule is CC(C)(C)Nc1ccc(C(=O)Nc2cccc(F)c2)nc1. The number of hydrogen-bond acceptors (Lipinski definition) is 3. The molecule has 2 N–H and O–H groups in total. The zero-order valence-corrected chi connectivity index (χ0v) is 12.3. The first-order valence-corrected chi connectivity index (χ1v) is 6.65. The number of nitrogens with one attached hydrogen (secondary N) is 2. The molecule has 0 aliphatic rings. The van der Waals surface area contributed by atoms with Gasteiger partial charge < -0.3 is 10.6 Å². The summed E-state index contributed by atoms with van der Waals surface area (Å²) in [6.07, 6.45) is 1.60. The Hall–Kier alpha value is -2.43. The van der Waals surface area contributed by atoms with Crippen LogP contribution in [-0.4, -0.2) is 16.4 Å². The standard InChI is InChI=1S/C16H18FN3O/c1-16(2,3)20-13-7-8-14(18-10-13)15(21)19-12-6-4-5-11(17)9-12/h4-10,20H,1-3H3,(H,19,21). The fraction of sp³-hybridized carbons (Fsp3) is 0.250. The van der Waals surface area contributed by atoms with E-state index in [4.69, 9.17) is 0 Å². The Balaban J connectivity index is 2.06. The number of carbonyl (C=O) groups is 1. The topological polar surface area (TPSA) is 54.0 Å².